The minimum atomic E-state index is -0.525. The van der Waals surface area contributed by atoms with E-state index in [-0.39, 0.29) is 17.3 Å². The Bertz CT molecular complexity index is 726. The monoisotopic (exact) mass is 374 g/mol. The van der Waals surface area contributed by atoms with E-state index < -0.39 is 12.7 Å². The molecule has 2 aliphatic heterocycles. The zero-order chi connectivity index (χ0) is 20.2. The highest BCUT2D eigenvalue weighted by Gasteiger charge is 2.51. The third-order valence-corrected chi connectivity index (χ3v) is 5.50. The molecule has 3 rings (SSSR count). The van der Waals surface area contributed by atoms with E-state index in [9.17, 15) is 4.79 Å². The van der Waals surface area contributed by atoms with E-state index in [1.165, 1.54) is 0 Å². The Morgan fingerprint density at radius 2 is 1.67 bits per heavy atom. The first kappa shape index (κ1) is 20.0. The van der Waals surface area contributed by atoms with Crippen LogP contribution in [0.4, 0.5) is 16.2 Å². The molecule has 1 fully saturated rings. The molecule has 1 saturated heterocycles. The topological polar surface area (TPSA) is 51.2 Å². The molecule has 0 atom stereocenters. The summed E-state index contributed by atoms with van der Waals surface area (Å²) in [4.78, 5) is 16.5. The molecule has 1 aromatic carbocycles. The van der Waals surface area contributed by atoms with E-state index in [0.29, 0.717) is 6.54 Å². The molecule has 0 N–H and O–H groups in total. The summed E-state index contributed by atoms with van der Waals surface area (Å²) in [5, 5.41) is 0. The molecule has 0 unspecified atom stereocenters. The standard InChI is InChI=1S/C20H31BN2O4/c1-18(2,3)25-17(24)23-12-11-22(8)16-13-14(9-10-15(16)23)21-26-19(4,5)20(6,7)27-21/h9-10,13H,11-12H2,1-8H3. The van der Waals surface area contributed by atoms with Crippen LogP contribution in [0.1, 0.15) is 48.5 Å². The van der Waals surface area contributed by atoms with Gasteiger partial charge in [-0.15, -0.1) is 0 Å². The van der Waals surface area contributed by atoms with Crippen molar-refractivity contribution >= 4 is 30.0 Å². The van der Waals surface area contributed by atoms with Gasteiger partial charge in [-0.25, -0.2) is 4.79 Å². The Labute approximate surface area is 162 Å². The van der Waals surface area contributed by atoms with Gasteiger partial charge < -0.3 is 18.9 Å². The molecular weight excluding hydrogens is 343 g/mol. The van der Waals surface area contributed by atoms with Crippen LogP contribution in [-0.4, -0.2) is 50.2 Å². The predicted molar refractivity (Wildman–Crippen MR) is 109 cm³/mol. The maximum Gasteiger partial charge on any atom is 0.494 e. The summed E-state index contributed by atoms with van der Waals surface area (Å²) in [6, 6.07) is 5.97. The van der Waals surface area contributed by atoms with Crippen LogP contribution >= 0.6 is 0 Å². The Balaban J connectivity index is 1.90. The molecule has 0 radical (unpaired) electrons. The third-order valence-electron chi connectivity index (χ3n) is 5.50. The van der Waals surface area contributed by atoms with Gasteiger partial charge in [-0.2, -0.15) is 0 Å². The first-order valence-electron chi connectivity index (χ1n) is 9.52. The van der Waals surface area contributed by atoms with Crippen molar-refractivity contribution in [2.45, 2.75) is 65.3 Å². The summed E-state index contributed by atoms with van der Waals surface area (Å²) in [6.45, 7) is 15.1. The zero-order valence-electron chi connectivity index (χ0n) is 17.8. The highest BCUT2D eigenvalue weighted by atomic mass is 16.7. The van der Waals surface area contributed by atoms with Crippen molar-refractivity contribution in [3.05, 3.63) is 18.2 Å². The largest absolute Gasteiger partial charge is 0.494 e. The van der Waals surface area contributed by atoms with Gasteiger partial charge >= 0.3 is 13.2 Å². The number of carbonyl (C=O) groups is 1. The van der Waals surface area contributed by atoms with E-state index in [0.717, 1.165) is 23.4 Å². The summed E-state index contributed by atoms with van der Waals surface area (Å²) in [7, 11) is 1.60. The van der Waals surface area contributed by atoms with Crippen LogP contribution in [0, 0.1) is 0 Å². The van der Waals surface area contributed by atoms with Crippen LogP contribution in [-0.2, 0) is 14.0 Å². The molecular formula is C20H31BN2O4. The maximum absolute atomic E-state index is 12.6. The highest BCUT2D eigenvalue weighted by Crippen LogP contribution is 2.38. The molecule has 6 nitrogen and oxygen atoms in total. The lowest BCUT2D eigenvalue weighted by Crippen LogP contribution is -2.45. The van der Waals surface area contributed by atoms with Crippen molar-refractivity contribution in [1.82, 2.24) is 0 Å². The van der Waals surface area contributed by atoms with E-state index in [2.05, 4.69) is 4.90 Å². The third kappa shape index (κ3) is 3.80. The van der Waals surface area contributed by atoms with Gasteiger partial charge in [-0.3, -0.25) is 4.90 Å². The number of hydrogen-bond acceptors (Lipinski definition) is 5. The van der Waals surface area contributed by atoms with Crippen LogP contribution < -0.4 is 15.3 Å². The van der Waals surface area contributed by atoms with E-state index in [1.54, 1.807) is 4.90 Å². The average molecular weight is 374 g/mol. The number of likely N-dealkylation sites (N-methyl/N-ethyl adjacent to an activating group) is 1. The van der Waals surface area contributed by atoms with E-state index in [1.807, 2.05) is 73.7 Å². The zero-order valence-corrected chi connectivity index (χ0v) is 17.8. The number of anilines is 2. The molecule has 2 aliphatic rings. The second-order valence-corrected chi connectivity index (χ2v) is 9.39. The summed E-state index contributed by atoms with van der Waals surface area (Å²) < 4.78 is 17.9. The smallest absolute Gasteiger partial charge is 0.443 e. The van der Waals surface area contributed by atoms with Crippen molar-refractivity contribution in [1.29, 1.82) is 0 Å². The maximum atomic E-state index is 12.6. The van der Waals surface area contributed by atoms with Gasteiger partial charge in [0.1, 0.15) is 5.60 Å². The molecule has 0 spiro atoms. The van der Waals surface area contributed by atoms with Crippen LogP contribution in [0.3, 0.4) is 0 Å². The first-order valence-corrected chi connectivity index (χ1v) is 9.52. The van der Waals surface area contributed by atoms with Crippen molar-refractivity contribution in [2.24, 2.45) is 0 Å². The van der Waals surface area contributed by atoms with Gasteiger partial charge in [0, 0.05) is 20.1 Å². The van der Waals surface area contributed by atoms with Crippen LogP contribution in [0.25, 0.3) is 0 Å². The van der Waals surface area contributed by atoms with E-state index >= 15 is 0 Å². The van der Waals surface area contributed by atoms with Gasteiger partial charge in [-0.05, 0) is 66.1 Å². The molecule has 27 heavy (non-hydrogen) atoms. The summed E-state index contributed by atoms with van der Waals surface area (Å²) in [5.41, 5.74) is 1.47. The fourth-order valence-corrected chi connectivity index (χ4v) is 3.20. The minimum absolute atomic E-state index is 0.319. The van der Waals surface area contributed by atoms with Crippen LogP contribution in [0.15, 0.2) is 18.2 Å². The molecule has 1 aromatic rings. The lowest BCUT2D eigenvalue weighted by Gasteiger charge is -2.36. The molecule has 0 bridgehead atoms. The number of amides is 1. The summed E-state index contributed by atoms with van der Waals surface area (Å²) in [5.74, 6) is 0. The van der Waals surface area contributed by atoms with Crippen molar-refractivity contribution < 1.29 is 18.8 Å². The first-order chi connectivity index (χ1) is 12.3. The molecule has 148 valence electrons. The normalized spacial score (nSPS) is 21.3. The van der Waals surface area contributed by atoms with Crippen LogP contribution in [0.5, 0.6) is 0 Å². The van der Waals surface area contributed by atoms with Gasteiger partial charge in [-0.1, -0.05) is 6.07 Å². The number of fused-ring (bicyclic) bond motifs is 1. The Hall–Kier alpha value is -1.73. The number of rotatable bonds is 1. The second kappa shape index (κ2) is 6.42. The number of nitrogens with zero attached hydrogens (tertiary/aromatic N) is 2. The fraction of sp³-hybridized carbons (Fsp3) is 0.650. The highest BCUT2D eigenvalue weighted by molar-refractivity contribution is 6.62. The summed E-state index contributed by atoms with van der Waals surface area (Å²) in [6.07, 6.45) is -0.319. The summed E-state index contributed by atoms with van der Waals surface area (Å²) >= 11 is 0. The molecule has 0 saturated carbocycles. The number of carbonyl (C=O) groups excluding carboxylic acids is 1. The average Bonchev–Trinajstić information content (AvgIpc) is 2.74. The lowest BCUT2D eigenvalue weighted by molar-refractivity contribution is 0.00578. The van der Waals surface area contributed by atoms with E-state index in [4.69, 9.17) is 14.0 Å². The fourth-order valence-electron chi connectivity index (χ4n) is 3.20. The predicted octanol–water partition coefficient (Wildman–Crippen LogP) is 3.18. The molecule has 2 heterocycles. The number of ether oxygens (including phenoxy) is 1. The van der Waals surface area contributed by atoms with Crippen molar-refractivity contribution in [3.8, 4) is 0 Å². The lowest BCUT2D eigenvalue weighted by atomic mass is 9.78. The molecule has 7 heteroatoms. The second-order valence-electron chi connectivity index (χ2n) is 9.39. The Kier molecular flexibility index (Phi) is 4.76. The Morgan fingerprint density at radius 1 is 1.07 bits per heavy atom. The molecule has 1 amide bonds. The molecule has 0 aliphatic carbocycles. The van der Waals surface area contributed by atoms with Crippen LogP contribution in [0.2, 0.25) is 0 Å². The minimum Gasteiger partial charge on any atom is -0.443 e. The Morgan fingerprint density at radius 3 is 2.22 bits per heavy atom. The number of benzene rings is 1. The number of hydrogen-bond donors (Lipinski definition) is 0. The SMILES string of the molecule is CN1CCN(C(=O)OC(C)(C)C)c2ccc(B3OC(C)(C)C(C)(C)O3)cc21. The van der Waals surface area contributed by atoms with Gasteiger partial charge in [0.05, 0.1) is 22.6 Å². The molecule has 0 aromatic heterocycles. The van der Waals surface area contributed by atoms with Gasteiger partial charge in [0.25, 0.3) is 0 Å². The van der Waals surface area contributed by atoms with Crippen molar-refractivity contribution in [2.75, 3.05) is 29.9 Å². The van der Waals surface area contributed by atoms with Crippen molar-refractivity contribution in [3.63, 3.8) is 0 Å². The quantitative estimate of drug-likeness (QED) is 0.707. The van der Waals surface area contributed by atoms with Gasteiger partial charge in [0.15, 0.2) is 0 Å². The van der Waals surface area contributed by atoms with Gasteiger partial charge in [0.2, 0.25) is 0 Å².